The van der Waals surface area contributed by atoms with Gasteiger partial charge in [0.25, 0.3) is 8.53 Å². The molecule has 2 amide bonds. The van der Waals surface area contributed by atoms with Crippen molar-refractivity contribution in [3.8, 4) is 6.07 Å². The van der Waals surface area contributed by atoms with Crippen molar-refractivity contribution in [1.82, 2.24) is 14.9 Å². The molecule has 0 saturated carbocycles. The predicted molar refractivity (Wildman–Crippen MR) is 144 cm³/mol. The number of amides is 2. The largest absolute Gasteiger partial charge is 0.444 e. The number of ketones is 1. The van der Waals surface area contributed by atoms with Crippen LogP contribution in [0.25, 0.3) is 0 Å². The summed E-state index contributed by atoms with van der Waals surface area (Å²) in [5, 5.41) is 11.7. The Morgan fingerprint density at radius 2 is 1.81 bits per heavy atom. The van der Waals surface area contributed by atoms with E-state index in [2.05, 4.69) is 43.8 Å². The van der Waals surface area contributed by atoms with E-state index < -0.39 is 20.7 Å². The SMILES string of the molecule is CCC(=O)CCC(CNC(=O)CC)OC(=O)N1C[C@H](OP(OCCC#N)N(C(C)C)C(C)C)C[C@H]1CC. The minimum Gasteiger partial charge on any atom is -0.444 e. The van der Waals surface area contributed by atoms with Crippen LogP contribution in [0.1, 0.15) is 93.4 Å². The Morgan fingerprint density at radius 3 is 2.35 bits per heavy atom. The van der Waals surface area contributed by atoms with E-state index in [9.17, 15) is 14.4 Å². The van der Waals surface area contributed by atoms with Crippen molar-refractivity contribution in [2.45, 2.75) is 124 Å². The van der Waals surface area contributed by atoms with Crippen LogP contribution in [0, 0.1) is 11.3 Å². The molecule has 0 radical (unpaired) electrons. The fraction of sp³-hybridized carbons (Fsp3) is 0.846. The van der Waals surface area contributed by atoms with E-state index in [1.165, 1.54) is 0 Å². The third-order valence-electron chi connectivity index (χ3n) is 6.24. The molecule has 2 unspecified atom stereocenters. The molecule has 1 N–H and O–H groups in total. The van der Waals surface area contributed by atoms with Gasteiger partial charge in [-0.05, 0) is 47.0 Å². The smallest absolute Gasteiger partial charge is 0.410 e. The zero-order valence-electron chi connectivity index (χ0n) is 23.7. The molecule has 0 aromatic carbocycles. The number of nitrogens with one attached hydrogen (secondary N) is 1. The molecule has 212 valence electrons. The molecule has 1 fully saturated rings. The number of hydrogen-bond acceptors (Lipinski definition) is 8. The topological polar surface area (TPSA) is 121 Å². The first-order chi connectivity index (χ1) is 17.6. The van der Waals surface area contributed by atoms with E-state index in [0.717, 1.165) is 6.42 Å². The molecule has 11 heteroatoms. The van der Waals surface area contributed by atoms with Crippen LogP contribution < -0.4 is 5.32 Å². The number of carbonyl (C=O) groups is 3. The predicted octanol–water partition coefficient (Wildman–Crippen LogP) is 4.92. The van der Waals surface area contributed by atoms with Crippen molar-refractivity contribution < 1.29 is 28.2 Å². The average Bonchev–Trinajstić information content (AvgIpc) is 3.27. The minimum absolute atomic E-state index is 0.0526. The van der Waals surface area contributed by atoms with Gasteiger partial charge in [0, 0.05) is 37.4 Å². The van der Waals surface area contributed by atoms with Gasteiger partial charge in [0.2, 0.25) is 5.91 Å². The summed E-state index contributed by atoms with van der Waals surface area (Å²) in [5.41, 5.74) is 0. The summed E-state index contributed by atoms with van der Waals surface area (Å²) >= 11 is 0. The van der Waals surface area contributed by atoms with Gasteiger partial charge in [-0.2, -0.15) is 5.26 Å². The molecular weight excluding hydrogens is 495 g/mol. The molecule has 0 bridgehead atoms. The Balaban J connectivity index is 2.92. The van der Waals surface area contributed by atoms with Gasteiger partial charge in [0.1, 0.15) is 11.9 Å². The molecule has 0 spiro atoms. The van der Waals surface area contributed by atoms with E-state index in [1.807, 2.05) is 6.92 Å². The molecule has 1 rings (SSSR count). The summed E-state index contributed by atoms with van der Waals surface area (Å²) in [7, 11) is -1.42. The lowest BCUT2D eigenvalue weighted by Gasteiger charge is -2.36. The average molecular weight is 543 g/mol. The maximum atomic E-state index is 13.2. The van der Waals surface area contributed by atoms with Crippen LogP contribution in [0.5, 0.6) is 0 Å². The van der Waals surface area contributed by atoms with Gasteiger partial charge >= 0.3 is 6.09 Å². The number of carbonyl (C=O) groups excluding carboxylic acids is 3. The lowest BCUT2D eigenvalue weighted by atomic mass is 10.1. The second-order valence-electron chi connectivity index (χ2n) is 9.82. The molecule has 1 aliphatic heterocycles. The van der Waals surface area contributed by atoms with Gasteiger partial charge < -0.3 is 24.0 Å². The van der Waals surface area contributed by atoms with Crippen LogP contribution in [0.4, 0.5) is 4.79 Å². The first-order valence-corrected chi connectivity index (χ1v) is 14.7. The van der Waals surface area contributed by atoms with Gasteiger partial charge in [-0.15, -0.1) is 0 Å². The second kappa shape index (κ2) is 17.7. The van der Waals surface area contributed by atoms with E-state index in [1.54, 1.807) is 18.7 Å². The molecule has 0 aromatic rings. The summed E-state index contributed by atoms with van der Waals surface area (Å²) in [6.45, 7) is 14.7. The highest BCUT2D eigenvalue weighted by Gasteiger charge is 2.40. The molecule has 1 saturated heterocycles. The van der Waals surface area contributed by atoms with Crippen LogP contribution in [-0.4, -0.2) is 77.4 Å². The van der Waals surface area contributed by atoms with Crippen LogP contribution in [0.15, 0.2) is 0 Å². The lowest BCUT2D eigenvalue weighted by molar-refractivity contribution is -0.121. The van der Waals surface area contributed by atoms with Crippen LogP contribution >= 0.6 is 8.53 Å². The Morgan fingerprint density at radius 1 is 1.14 bits per heavy atom. The Hall–Kier alpha value is -1.79. The number of Topliss-reactive ketones (excluding diaryl/α,β-unsaturated/α-hetero) is 1. The maximum Gasteiger partial charge on any atom is 0.410 e. The number of nitriles is 1. The third-order valence-corrected chi connectivity index (χ3v) is 8.42. The maximum absolute atomic E-state index is 13.2. The molecule has 0 aromatic heterocycles. The van der Waals surface area contributed by atoms with Crippen molar-refractivity contribution in [2.24, 2.45) is 0 Å². The number of rotatable bonds is 17. The monoisotopic (exact) mass is 542 g/mol. The van der Waals surface area contributed by atoms with Crippen molar-refractivity contribution in [2.75, 3.05) is 19.7 Å². The van der Waals surface area contributed by atoms with Crippen molar-refractivity contribution in [3.63, 3.8) is 0 Å². The summed E-state index contributed by atoms with van der Waals surface area (Å²) in [6.07, 6.45) is 1.82. The lowest BCUT2D eigenvalue weighted by Crippen LogP contribution is -2.41. The van der Waals surface area contributed by atoms with Crippen molar-refractivity contribution in [3.05, 3.63) is 0 Å². The molecule has 37 heavy (non-hydrogen) atoms. The van der Waals surface area contributed by atoms with Gasteiger partial charge in [-0.1, -0.05) is 20.8 Å². The number of nitrogens with zero attached hydrogens (tertiary/aromatic N) is 3. The number of likely N-dealkylation sites (tertiary alicyclic amines) is 1. The molecule has 0 aliphatic carbocycles. The molecule has 4 atom stereocenters. The molecule has 10 nitrogen and oxygen atoms in total. The first kappa shape index (κ1) is 33.2. The van der Waals surface area contributed by atoms with Gasteiger partial charge in [0.05, 0.1) is 38.3 Å². The quantitative estimate of drug-likeness (QED) is 0.203. The second-order valence-corrected chi connectivity index (χ2v) is 11.2. The molecular formula is C26H47N4O6P. The Kier molecular flexibility index (Phi) is 15.9. The van der Waals surface area contributed by atoms with E-state index in [4.69, 9.17) is 19.0 Å². The molecule has 1 aliphatic rings. The molecule has 1 heterocycles. The first-order valence-electron chi connectivity index (χ1n) is 13.6. The fourth-order valence-corrected chi connectivity index (χ4v) is 5.96. The summed E-state index contributed by atoms with van der Waals surface area (Å²) in [6, 6.07) is 2.42. The van der Waals surface area contributed by atoms with Gasteiger partial charge in [-0.3, -0.25) is 9.59 Å². The highest BCUT2D eigenvalue weighted by atomic mass is 31.2. The van der Waals surface area contributed by atoms with Crippen molar-refractivity contribution >= 4 is 26.3 Å². The standard InChI is InChI=1S/C26H47N4O6P/c1-8-21-16-24(36-37(34-15-11-14-27)30(19(4)5)20(6)7)18-29(21)26(33)35-23(13-12-22(31)9-2)17-28-25(32)10-3/h19-21,23-24H,8-13,15-18H2,1-7H3,(H,28,32)/t21-,23?,24-,37?/m1/s1. The van der Waals surface area contributed by atoms with Crippen LogP contribution in [-0.2, 0) is 23.4 Å². The number of hydrogen-bond donors (Lipinski definition) is 1. The van der Waals surface area contributed by atoms with Gasteiger partial charge in [0.15, 0.2) is 0 Å². The minimum atomic E-state index is -1.42. The van der Waals surface area contributed by atoms with Crippen LogP contribution in [0.3, 0.4) is 0 Å². The Bertz CT molecular complexity index is 732. The third kappa shape index (κ3) is 11.6. The van der Waals surface area contributed by atoms with E-state index in [-0.39, 0.29) is 55.5 Å². The zero-order valence-corrected chi connectivity index (χ0v) is 24.6. The van der Waals surface area contributed by atoms with Crippen molar-refractivity contribution in [1.29, 1.82) is 5.26 Å². The highest BCUT2D eigenvalue weighted by Crippen LogP contribution is 2.48. The summed E-state index contributed by atoms with van der Waals surface area (Å²) < 4.78 is 20.5. The normalized spacial score (nSPS) is 19.2. The Labute approximate surface area is 224 Å². The van der Waals surface area contributed by atoms with E-state index >= 15 is 0 Å². The van der Waals surface area contributed by atoms with Crippen LogP contribution in [0.2, 0.25) is 0 Å². The highest BCUT2D eigenvalue weighted by molar-refractivity contribution is 7.44. The zero-order chi connectivity index (χ0) is 28.0. The van der Waals surface area contributed by atoms with E-state index in [0.29, 0.717) is 38.6 Å². The van der Waals surface area contributed by atoms with Gasteiger partial charge in [-0.25, -0.2) is 9.46 Å². The fourth-order valence-electron chi connectivity index (χ4n) is 4.25. The summed E-state index contributed by atoms with van der Waals surface area (Å²) in [4.78, 5) is 38.5. The summed E-state index contributed by atoms with van der Waals surface area (Å²) in [5.74, 6) is -0.0397. The number of ether oxygens (including phenoxy) is 1.